The third-order valence-electron chi connectivity index (χ3n) is 5.06. The minimum absolute atomic E-state index is 0.213. The molecule has 1 saturated carbocycles. The molecule has 112 valence electrons. The molecule has 21 heavy (non-hydrogen) atoms. The molecule has 2 aliphatic rings. The Labute approximate surface area is 124 Å². The number of hydrogen-bond acceptors (Lipinski definition) is 5. The van der Waals surface area contributed by atoms with Gasteiger partial charge in [-0.3, -0.25) is 4.40 Å². The van der Waals surface area contributed by atoms with Gasteiger partial charge in [0.2, 0.25) is 5.65 Å². The van der Waals surface area contributed by atoms with E-state index >= 15 is 0 Å². The van der Waals surface area contributed by atoms with Gasteiger partial charge in [0.1, 0.15) is 5.82 Å². The number of fused-ring (bicyclic) bond motifs is 1. The van der Waals surface area contributed by atoms with E-state index in [2.05, 4.69) is 25.4 Å². The van der Waals surface area contributed by atoms with Gasteiger partial charge in [-0.15, -0.1) is 10.2 Å². The molecule has 2 aromatic heterocycles. The van der Waals surface area contributed by atoms with E-state index < -0.39 is 0 Å². The van der Waals surface area contributed by atoms with Crippen molar-refractivity contribution in [2.45, 2.75) is 44.6 Å². The second kappa shape index (κ2) is 4.94. The fraction of sp³-hybridized carbons (Fsp3) is 0.667. The topological polar surface area (TPSA) is 58.4 Å². The Morgan fingerprint density at radius 2 is 2.05 bits per heavy atom. The Morgan fingerprint density at radius 1 is 1.19 bits per heavy atom. The van der Waals surface area contributed by atoms with Crippen LogP contribution in [0.3, 0.4) is 0 Å². The summed E-state index contributed by atoms with van der Waals surface area (Å²) in [5, 5.41) is 12.2. The van der Waals surface area contributed by atoms with E-state index in [1.807, 2.05) is 23.7 Å². The molecule has 1 aliphatic carbocycles. The van der Waals surface area contributed by atoms with Gasteiger partial charge in [-0.25, -0.2) is 4.98 Å². The highest BCUT2D eigenvalue weighted by Gasteiger charge is 2.41. The van der Waals surface area contributed by atoms with Crippen molar-refractivity contribution in [2.24, 2.45) is 0 Å². The van der Waals surface area contributed by atoms with Crippen LogP contribution in [0.25, 0.3) is 5.65 Å². The van der Waals surface area contributed by atoms with Crippen LogP contribution in [0.1, 0.15) is 37.9 Å². The monoisotopic (exact) mass is 286 g/mol. The van der Waals surface area contributed by atoms with Crippen LogP contribution in [0.2, 0.25) is 0 Å². The summed E-state index contributed by atoms with van der Waals surface area (Å²) in [5.74, 6) is 1.92. The quantitative estimate of drug-likeness (QED) is 0.862. The van der Waals surface area contributed by atoms with Crippen molar-refractivity contribution in [1.29, 1.82) is 0 Å². The average molecular weight is 286 g/mol. The third-order valence-corrected chi connectivity index (χ3v) is 5.06. The first-order valence-electron chi connectivity index (χ1n) is 7.95. The molecule has 3 heterocycles. The summed E-state index contributed by atoms with van der Waals surface area (Å²) in [6.45, 7) is 5.05. The van der Waals surface area contributed by atoms with Gasteiger partial charge >= 0.3 is 0 Å². The predicted molar refractivity (Wildman–Crippen MR) is 81.6 cm³/mol. The molecular formula is C15H22N6. The second-order valence-corrected chi connectivity index (χ2v) is 6.31. The molecule has 1 N–H and O–H groups in total. The lowest BCUT2D eigenvalue weighted by atomic mass is 9.79. The van der Waals surface area contributed by atoms with Crippen molar-refractivity contribution < 1.29 is 0 Å². The molecule has 0 bridgehead atoms. The molecular weight excluding hydrogens is 264 g/mol. The molecule has 1 saturated heterocycles. The fourth-order valence-electron chi connectivity index (χ4n) is 3.95. The normalized spacial score (nSPS) is 22.0. The van der Waals surface area contributed by atoms with Gasteiger partial charge in [0.05, 0.1) is 5.54 Å². The van der Waals surface area contributed by atoms with Crippen LogP contribution in [-0.4, -0.2) is 44.8 Å². The van der Waals surface area contributed by atoms with Crippen molar-refractivity contribution in [3.63, 3.8) is 0 Å². The van der Waals surface area contributed by atoms with Gasteiger partial charge in [0, 0.05) is 32.0 Å². The van der Waals surface area contributed by atoms with Crippen LogP contribution in [0.4, 0.5) is 5.82 Å². The molecule has 6 nitrogen and oxygen atoms in total. The Morgan fingerprint density at radius 3 is 2.90 bits per heavy atom. The number of piperazine rings is 1. The van der Waals surface area contributed by atoms with Crippen LogP contribution in [0.5, 0.6) is 0 Å². The highest BCUT2D eigenvalue weighted by molar-refractivity contribution is 5.65. The fourth-order valence-corrected chi connectivity index (χ4v) is 3.95. The van der Waals surface area contributed by atoms with Gasteiger partial charge in [-0.1, -0.05) is 19.3 Å². The molecule has 0 unspecified atom stereocenters. The molecule has 1 aliphatic heterocycles. The van der Waals surface area contributed by atoms with E-state index in [1.54, 1.807) is 0 Å². The average Bonchev–Trinajstić information content (AvgIpc) is 2.91. The summed E-state index contributed by atoms with van der Waals surface area (Å²) >= 11 is 0. The van der Waals surface area contributed by atoms with Crippen molar-refractivity contribution in [3.8, 4) is 0 Å². The van der Waals surface area contributed by atoms with Crippen LogP contribution in [-0.2, 0) is 0 Å². The Kier molecular flexibility index (Phi) is 3.06. The van der Waals surface area contributed by atoms with E-state index in [0.717, 1.165) is 36.9 Å². The summed E-state index contributed by atoms with van der Waals surface area (Å²) in [4.78, 5) is 7.17. The van der Waals surface area contributed by atoms with Crippen molar-refractivity contribution in [3.05, 3.63) is 18.2 Å². The van der Waals surface area contributed by atoms with Crippen molar-refractivity contribution >= 4 is 11.5 Å². The van der Waals surface area contributed by atoms with Gasteiger partial charge in [0.25, 0.3) is 0 Å². The van der Waals surface area contributed by atoms with Crippen LogP contribution < -0.4 is 10.2 Å². The van der Waals surface area contributed by atoms with E-state index in [0.29, 0.717) is 0 Å². The first-order chi connectivity index (χ1) is 10.3. The highest BCUT2D eigenvalue weighted by atomic mass is 15.3. The number of anilines is 1. The molecule has 0 aromatic carbocycles. The number of aryl methyl sites for hydroxylation is 1. The maximum Gasteiger partial charge on any atom is 0.203 e. The number of nitrogens with one attached hydrogen (secondary N) is 1. The summed E-state index contributed by atoms with van der Waals surface area (Å²) in [6.07, 6.45) is 10.3. The maximum absolute atomic E-state index is 4.67. The highest BCUT2D eigenvalue weighted by Crippen LogP contribution is 2.37. The van der Waals surface area contributed by atoms with Crippen molar-refractivity contribution in [1.82, 2.24) is 24.9 Å². The summed E-state index contributed by atoms with van der Waals surface area (Å²) in [6, 6.07) is 0. The Hall–Kier alpha value is -1.69. The van der Waals surface area contributed by atoms with E-state index in [4.69, 9.17) is 0 Å². The number of hydrogen-bond donors (Lipinski definition) is 1. The van der Waals surface area contributed by atoms with Gasteiger partial charge in [-0.05, 0) is 19.8 Å². The van der Waals surface area contributed by atoms with Crippen LogP contribution in [0.15, 0.2) is 12.4 Å². The van der Waals surface area contributed by atoms with Crippen LogP contribution >= 0.6 is 0 Å². The molecule has 0 radical (unpaired) electrons. The molecule has 4 rings (SSSR count). The minimum atomic E-state index is 0.213. The third kappa shape index (κ3) is 2.00. The van der Waals surface area contributed by atoms with Gasteiger partial charge in [-0.2, -0.15) is 0 Å². The lowest BCUT2D eigenvalue weighted by Gasteiger charge is -2.50. The van der Waals surface area contributed by atoms with Gasteiger partial charge < -0.3 is 10.2 Å². The lowest BCUT2D eigenvalue weighted by molar-refractivity contribution is 0.240. The largest absolute Gasteiger partial charge is 0.345 e. The second-order valence-electron chi connectivity index (χ2n) is 6.31. The molecule has 1 spiro atoms. The SMILES string of the molecule is Cc1nnc2c(N3CCNCC34CCCCC4)nccn12. The van der Waals surface area contributed by atoms with Gasteiger partial charge in [0.15, 0.2) is 5.82 Å². The number of rotatable bonds is 1. The van der Waals surface area contributed by atoms with Crippen molar-refractivity contribution in [2.75, 3.05) is 24.5 Å². The molecule has 0 atom stereocenters. The zero-order valence-electron chi connectivity index (χ0n) is 12.5. The molecule has 2 fully saturated rings. The zero-order chi connectivity index (χ0) is 14.3. The van der Waals surface area contributed by atoms with E-state index in [-0.39, 0.29) is 5.54 Å². The lowest BCUT2D eigenvalue weighted by Crippen LogP contribution is -2.62. The summed E-state index contributed by atoms with van der Waals surface area (Å²) in [7, 11) is 0. The first kappa shape index (κ1) is 13.0. The number of nitrogens with zero attached hydrogens (tertiary/aromatic N) is 5. The van der Waals surface area contributed by atoms with E-state index in [1.165, 1.54) is 32.1 Å². The smallest absolute Gasteiger partial charge is 0.203 e. The van der Waals surface area contributed by atoms with E-state index in [9.17, 15) is 0 Å². The minimum Gasteiger partial charge on any atom is -0.345 e. The Bertz CT molecular complexity index is 634. The standard InChI is InChI=1S/C15H22N6/c1-12-18-19-14-13(17-8-9-20(12)14)21-10-7-16-11-15(21)5-3-2-4-6-15/h8-9,16H,2-7,10-11H2,1H3. The van der Waals surface area contributed by atoms with Crippen LogP contribution in [0, 0.1) is 6.92 Å². The Balaban J connectivity index is 1.81. The zero-order valence-corrected chi connectivity index (χ0v) is 12.5. The molecule has 0 amide bonds. The number of aromatic nitrogens is 4. The summed E-state index contributed by atoms with van der Waals surface area (Å²) < 4.78 is 2.04. The summed E-state index contributed by atoms with van der Waals surface area (Å²) in [5.41, 5.74) is 1.10. The molecule has 6 heteroatoms. The maximum atomic E-state index is 4.67. The first-order valence-corrected chi connectivity index (χ1v) is 7.95. The molecule has 2 aromatic rings. The predicted octanol–water partition coefficient (Wildman–Crippen LogP) is 1.55.